The van der Waals surface area contributed by atoms with Crippen LogP contribution in [0.5, 0.6) is 0 Å². The van der Waals surface area contributed by atoms with E-state index in [1.54, 1.807) is 0 Å². The maximum absolute atomic E-state index is 2.65. The molecular formula is C33H66N2. The van der Waals surface area contributed by atoms with Crippen LogP contribution in [0.2, 0.25) is 0 Å². The van der Waals surface area contributed by atoms with Gasteiger partial charge in [0.1, 0.15) is 6.17 Å². The predicted molar refractivity (Wildman–Crippen MR) is 159 cm³/mol. The summed E-state index contributed by atoms with van der Waals surface area (Å²) >= 11 is 0. The fraction of sp³-hybridized carbons (Fsp3) is 0.939. The first kappa shape index (κ1) is 32.4. The van der Waals surface area contributed by atoms with Crippen molar-refractivity contribution < 1.29 is 0 Å². The average molecular weight is 491 g/mol. The van der Waals surface area contributed by atoms with Crippen molar-refractivity contribution in [2.24, 2.45) is 0 Å². The highest BCUT2D eigenvalue weighted by Crippen LogP contribution is 2.23. The van der Waals surface area contributed by atoms with Crippen LogP contribution in [-0.2, 0) is 0 Å². The minimum absolute atomic E-state index is 0.635. The van der Waals surface area contributed by atoms with Crippen LogP contribution in [0.15, 0.2) is 12.4 Å². The van der Waals surface area contributed by atoms with Gasteiger partial charge in [0, 0.05) is 25.5 Å². The van der Waals surface area contributed by atoms with Crippen molar-refractivity contribution in [1.29, 1.82) is 0 Å². The molecule has 0 aromatic carbocycles. The van der Waals surface area contributed by atoms with Crippen LogP contribution in [0.1, 0.15) is 181 Å². The van der Waals surface area contributed by atoms with Gasteiger partial charge >= 0.3 is 0 Å². The molecule has 1 atom stereocenters. The van der Waals surface area contributed by atoms with E-state index in [-0.39, 0.29) is 0 Å². The molecule has 0 aromatic heterocycles. The quantitative estimate of drug-likeness (QED) is 0.106. The van der Waals surface area contributed by atoms with Crippen LogP contribution >= 0.6 is 0 Å². The minimum Gasteiger partial charge on any atom is -0.356 e. The lowest BCUT2D eigenvalue weighted by Crippen LogP contribution is -2.38. The maximum atomic E-state index is 2.65. The number of nitrogens with zero attached hydrogens (tertiary/aromatic N) is 2. The van der Waals surface area contributed by atoms with Gasteiger partial charge in [-0.05, 0) is 26.2 Å². The first-order valence-corrected chi connectivity index (χ1v) is 16.5. The first-order valence-electron chi connectivity index (χ1n) is 16.5. The van der Waals surface area contributed by atoms with Gasteiger partial charge in [-0.1, -0.05) is 155 Å². The summed E-state index contributed by atoms with van der Waals surface area (Å²) in [4.78, 5) is 5.22. The Morgan fingerprint density at radius 1 is 0.400 bits per heavy atom. The Morgan fingerprint density at radius 2 is 0.743 bits per heavy atom. The summed E-state index contributed by atoms with van der Waals surface area (Å²) in [6, 6.07) is 0. The molecule has 0 N–H and O–H groups in total. The van der Waals surface area contributed by atoms with Crippen molar-refractivity contribution in [3.63, 3.8) is 0 Å². The Bertz CT molecular complexity index is 446. The summed E-state index contributed by atoms with van der Waals surface area (Å²) in [5, 5.41) is 0. The minimum atomic E-state index is 0.635. The molecule has 0 fully saturated rings. The highest BCUT2D eigenvalue weighted by molar-refractivity contribution is 4.96. The Balaban J connectivity index is 1.98. The van der Waals surface area contributed by atoms with Crippen molar-refractivity contribution in [2.45, 2.75) is 187 Å². The third-order valence-corrected chi connectivity index (χ3v) is 8.17. The summed E-state index contributed by atoms with van der Waals surface area (Å²) in [6.07, 6.45) is 41.3. The van der Waals surface area contributed by atoms with E-state index < -0.39 is 0 Å². The van der Waals surface area contributed by atoms with Gasteiger partial charge in [0.15, 0.2) is 0 Å². The van der Waals surface area contributed by atoms with Gasteiger partial charge < -0.3 is 9.80 Å². The zero-order valence-electron chi connectivity index (χ0n) is 24.7. The molecule has 2 heteroatoms. The second-order valence-electron chi connectivity index (χ2n) is 11.4. The number of hydrogen-bond acceptors (Lipinski definition) is 2. The molecule has 0 aliphatic carbocycles. The van der Waals surface area contributed by atoms with E-state index in [1.807, 2.05) is 0 Å². The van der Waals surface area contributed by atoms with Gasteiger partial charge in [-0.3, -0.25) is 0 Å². The molecule has 0 radical (unpaired) electrons. The summed E-state index contributed by atoms with van der Waals surface area (Å²) in [7, 11) is 0. The van der Waals surface area contributed by atoms with E-state index in [1.165, 1.54) is 167 Å². The topological polar surface area (TPSA) is 6.48 Å². The van der Waals surface area contributed by atoms with Gasteiger partial charge in [-0.25, -0.2) is 0 Å². The van der Waals surface area contributed by atoms with Crippen LogP contribution in [0.3, 0.4) is 0 Å². The fourth-order valence-corrected chi connectivity index (χ4v) is 5.74. The molecule has 0 aromatic rings. The lowest BCUT2D eigenvalue weighted by atomic mass is 10.0. The molecular weight excluding hydrogens is 424 g/mol. The second kappa shape index (κ2) is 25.0. The molecule has 0 spiro atoms. The van der Waals surface area contributed by atoms with E-state index in [4.69, 9.17) is 0 Å². The Hall–Kier alpha value is -0.660. The van der Waals surface area contributed by atoms with Gasteiger partial charge in [0.2, 0.25) is 0 Å². The van der Waals surface area contributed by atoms with Crippen LogP contribution in [0, 0.1) is 0 Å². The van der Waals surface area contributed by atoms with Gasteiger partial charge in [0.25, 0.3) is 0 Å². The van der Waals surface area contributed by atoms with Gasteiger partial charge in [0.05, 0.1) is 0 Å². The Kier molecular flexibility index (Phi) is 23.1. The molecule has 1 rings (SSSR count). The Labute approximate surface area is 222 Å². The normalized spacial score (nSPS) is 15.6. The SMILES string of the molecule is CCCCCCCCCCCCCCC1N(CC)C=CN1CCCCCCCCCCCCCC. The molecule has 35 heavy (non-hydrogen) atoms. The zero-order chi connectivity index (χ0) is 25.2. The second-order valence-corrected chi connectivity index (χ2v) is 11.4. The van der Waals surface area contributed by atoms with E-state index in [9.17, 15) is 0 Å². The fourth-order valence-electron chi connectivity index (χ4n) is 5.74. The van der Waals surface area contributed by atoms with Crippen LogP contribution < -0.4 is 0 Å². The zero-order valence-corrected chi connectivity index (χ0v) is 24.7. The molecule has 0 saturated carbocycles. The van der Waals surface area contributed by atoms with Crippen LogP contribution in [-0.4, -0.2) is 29.1 Å². The summed E-state index contributed by atoms with van der Waals surface area (Å²) < 4.78 is 0. The van der Waals surface area contributed by atoms with E-state index in [0.717, 1.165) is 6.54 Å². The standard InChI is InChI=1S/C33H66N2/c1-4-7-9-11-13-15-17-19-21-23-25-27-29-33-34(6-3)31-32-35(33)30-28-26-24-22-20-18-16-14-12-10-8-5-2/h31-33H,4-30H2,1-3H3. The largest absolute Gasteiger partial charge is 0.356 e. The number of rotatable bonds is 27. The third-order valence-electron chi connectivity index (χ3n) is 8.17. The van der Waals surface area contributed by atoms with Crippen molar-refractivity contribution in [3.05, 3.63) is 12.4 Å². The van der Waals surface area contributed by atoms with E-state index in [0.29, 0.717) is 6.17 Å². The third kappa shape index (κ3) is 18.3. The monoisotopic (exact) mass is 491 g/mol. The van der Waals surface area contributed by atoms with E-state index in [2.05, 4.69) is 43.0 Å². The molecule has 1 unspecified atom stereocenters. The Morgan fingerprint density at radius 3 is 1.14 bits per heavy atom. The van der Waals surface area contributed by atoms with Crippen molar-refractivity contribution in [1.82, 2.24) is 9.80 Å². The molecule has 1 aliphatic rings. The summed E-state index contributed by atoms with van der Waals surface area (Å²) in [5.41, 5.74) is 0. The van der Waals surface area contributed by atoms with E-state index >= 15 is 0 Å². The van der Waals surface area contributed by atoms with Crippen LogP contribution in [0.4, 0.5) is 0 Å². The van der Waals surface area contributed by atoms with Crippen molar-refractivity contribution in [2.75, 3.05) is 13.1 Å². The predicted octanol–water partition coefficient (Wildman–Crippen LogP) is 11.2. The van der Waals surface area contributed by atoms with Crippen LogP contribution in [0.25, 0.3) is 0 Å². The van der Waals surface area contributed by atoms with Crippen molar-refractivity contribution >= 4 is 0 Å². The van der Waals surface area contributed by atoms with Gasteiger partial charge in [-0.15, -0.1) is 0 Å². The maximum Gasteiger partial charge on any atom is 0.101 e. The highest BCUT2D eigenvalue weighted by atomic mass is 15.4. The number of unbranched alkanes of at least 4 members (excludes halogenated alkanes) is 22. The molecule has 1 heterocycles. The molecule has 2 nitrogen and oxygen atoms in total. The number of hydrogen-bond donors (Lipinski definition) is 0. The highest BCUT2D eigenvalue weighted by Gasteiger charge is 2.23. The molecule has 208 valence electrons. The summed E-state index contributed by atoms with van der Waals surface area (Å²) in [5.74, 6) is 0. The molecule has 0 saturated heterocycles. The molecule has 0 bridgehead atoms. The average Bonchev–Trinajstić information content (AvgIpc) is 3.27. The summed E-state index contributed by atoms with van der Waals surface area (Å²) in [6.45, 7) is 9.33. The lowest BCUT2D eigenvalue weighted by molar-refractivity contribution is 0.142. The van der Waals surface area contributed by atoms with Crippen molar-refractivity contribution in [3.8, 4) is 0 Å². The smallest absolute Gasteiger partial charge is 0.101 e. The lowest BCUT2D eigenvalue weighted by Gasteiger charge is -2.32. The van der Waals surface area contributed by atoms with Gasteiger partial charge in [-0.2, -0.15) is 0 Å². The molecule has 1 aliphatic heterocycles. The first-order chi connectivity index (χ1) is 17.3. The molecule has 0 amide bonds.